The van der Waals surface area contributed by atoms with E-state index in [9.17, 15) is 4.79 Å². The van der Waals surface area contributed by atoms with Crippen molar-refractivity contribution >= 4 is 27.5 Å². The van der Waals surface area contributed by atoms with E-state index >= 15 is 0 Å². The lowest BCUT2D eigenvalue weighted by molar-refractivity contribution is 0.102. The molecule has 0 fully saturated rings. The van der Waals surface area contributed by atoms with E-state index in [1.807, 2.05) is 37.3 Å². The molecule has 0 unspecified atom stereocenters. The lowest BCUT2D eigenvalue weighted by Gasteiger charge is -2.07. The van der Waals surface area contributed by atoms with Crippen molar-refractivity contribution in [3.8, 4) is 5.69 Å². The van der Waals surface area contributed by atoms with E-state index in [0.717, 1.165) is 28.7 Å². The first-order valence-electron chi connectivity index (χ1n) is 8.23. The Morgan fingerprint density at radius 1 is 1.16 bits per heavy atom. The van der Waals surface area contributed by atoms with Gasteiger partial charge in [0, 0.05) is 10.2 Å². The third kappa shape index (κ3) is 3.09. The summed E-state index contributed by atoms with van der Waals surface area (Å²) >= 11 is 3.45. The van der Waals surface area contributed by atoms with Crippen molar-refractivity contribution in [3.63, 3.8) is 0 Å². The van der Waals surface area contributed by atoms with Crippen LogP contribution in [-0.2, 0) is 12.8 Å². The number of halogens is 1. The summed E-state index contributed by atoms with van der Waals surface area (Å²) in [6, 6.07) is 13.8. The highest BCUT2D eigenvalue weighted by atomic mass is 79.9. The third-order valence-corrected chi connectivity index (χ3v) is 5.01. The number of anilines is 1. The summed E-state index contributed by atoms with van der Waals surface area (Å²) in [5.41, 5.74) is 5.41. The normalized spacial score (nSPS) is 12.9. The van der Waals surface area contributed by atoms with E-state index in [1.54, 1.807) is 4.68 Å². The molecule has 2 aromatic carbocycles. The van der Waals surface area contributed by atoms with Gasteiger partial charge >= 0.3 is 0 Å². The van der Waals surface area contributed by atoms with Crippen LogP contribution < -0.4 is 5.32 Å². The number of fused-ring (bicyclic) bond motifs is 1. The number of aryl methyl sites for hydroxylation is 2. The SMILES string of the molecule is Cc1c(C(=O)Nc2ccc3c(c2)CCC3)nnn1-c1cccc(Br)c1. The van der Waals surface area contributed by atoms with Crippen molar-refractivity contribution in [3.05, 3.63) is 69.5 Å². The molecule has 0 spiro atoms. The number of rotatable bonds is 3. The molecule has 1 heterocycles. The Morgan fingerprint density at radius 2 is 2.00 bits per heavy atom. The Bertz CT molecular complexity index is 964. The zero-order chi connectivity index (χ0) is 17.4. The average Bonchev–Trinajstić information content (AvgIpc) is 3.20. The highest BCUT2D eigenvalue weighted by Gasteiger charge is 2.18. The predicted octanol–water partition coefficient (Wildman–Crippen LogP) is 4.08. The van der Waals surface area contributed by atoms with Gasteiger partial charge in [0.25, 0.3) is 5.91 Å². The molecule has 6 heteroatoms. The van der Waals surface area contributed by atoms with E-state index in [0.29, 0.717) is 11.4 Å². The molecule has 3 aromatic rings. The first kappa shape index (κ1) is 16.0. The van der Waals surface area contributed by atoms with Gasteiger partial charge in [0.15, 0.2) is 5.69 Å². The van der Waals surface area contributed by atoms with Gasteiger partial charge in [-0.05, 0) is 67.6 Å². The maximum atomic E-state index is 12.6. The molecule has 0 saturated carbocycles. The van der Waals surface area contributed by atoms with Crippen LogP contribution in [0.1, 0.15) is 33.7 Å². The largest absolute Gasteiger partial charge is 0.321 e. The summed E-state index contributed by atoms with van der Waals surface area (Å²) in [5.74, 6) is -0.239. The summed E-state index contributed by atoms with van der Waals surface area (Å²) < 4.78 is 2.62. The summed E-state index contributed by atoms with van der Waals surface area (Å²) in [6.07, 6.45) is 3.40. The van der Waals surface area contributed by atoms with Crippen molar-refractivity contribution < 1.29 is 4.79 Å². The second-order valence-electron chi connectivity index (χ2n) is 6.21. The zero-order valence-corrected chi connectivity index (χ0v) is 15.4. The highest BCUT2D eigenvalue weighted by molar-refractivity contribution is 9.10. The molecular formula is C19H17BrN4O. The van der Waals surface area contributed by atoms with Crippen LogP contribution in [-0.4, -0.2) is 20.9 Å². The zero-order valence-electron chi connectivity index (χ0n) is 13.8. The van der Waals surface area contributed by atoms with Crippen molar-refractivity contribution in [2.45, 2.75) is 26.2 Å². The second kappa shape index (κ2) is 6.44. The third-order valence-electron chi connectivity index (χ3n) is 4.52. The van der Waals surface area contributed by atoms with E-state index < -0.39 is 0 Å². The minimum atomic E-state index is -0.239. The van der Waals surface area contributed by atoms with Crippen LogP contribution in [0, 0.1) is 6.92 Å². The van der Waals surface area contributed by atoms with Gasteiger partial charge in [0.1, 0.15) is 0 Å². The van der Waals surface area contributed by atoms with Gasteiger partial charge in [-0.25, -0.2) is 4.68 Å². The van der Waals surface area contributed by atoms with Gasteiger partial charge in [-0.2, -0.15) is 0 Å². The minimum absolute atomic E-state index is 0.239. The molecule has 25 heavy (non-hydrogen) atoms. The number of benzene rings is 2. The Balaban J connectivity index is 1.59. The monoisotopic (exact) mass is 396 g/mol. The standard InChI is InChI=1S/C19H17BrN4O/c1-12-18(22-23-24(12)17-7-3-6-15(20)11-17)19(25)21-16-9-8-13-4-2-5-14(13)10-16/h3,6-11H,2,4-5H2,1H3,(H,21,25). The van der Waals surface area contributed by atoms with Crippen molar-refractivity contribution in [1.82, 2.24) is 15.0 Å². The van der Waals surface area contributed by atoms with Crippen LogP contribution in [0.3, 0.4) is 0 Å². The fourth-order valence-corrected chi connectivity index (χ4v) is 3.62. The molecule has 0 atom stereocenters. The molecule has 126 valence electrons. The number of nitrogens with zero attached hydrogens (tertiary/aromatic N) is 3. The minimum Gasteiger partial charge on any atom is -0.321 e. The van der Waals surface area contributed by atoms with Crippen LogP contribution in [0.4, 0.5) is 5.69 Å². The number of carbonyl (C=O) groups is 1. The highest BCUT2D eigenvalue weighted by Crippen LogP contribution is 2.25. The molecule has 1 aliphatic carbocycles. The lowest BCUT2D eigenvalue weighted by Crippen LogP contribution is -2.14. The fraction of sp³-hybridized carbons (Fsp3) is 0.211. The molecule has 1 aromatic heterocycles. The number of amides is 1. The van der Waals surface area contributed by atoms with Crippen LogP contribution in [0.2, 0.25) is 0 Å². The van der Waals surface area contributed by atoms with Gasteiger partial charge in [0.2, 0.25) is 0 Å². The van der Waals surface area contributed by atoms with E-state index in [2.05, 4.69) is 43.7 Å². The molecule has 1 amide bonds. The molecule has 0 saturated heterocycles. The molecule has 0 bridgehead atoms. The molecule has 5 nitrogen and oxygen atoms in total. The Morgan fingerprint density at radius 3 is 2.84 bits per heavy atom. The van der Waals surface area contributed by atoms with Crippen LogP contribution in [0.5, 0.6) is 0 Å². The van der Waals surface area contributed by atoms with Crippen molar-refractivity contribution in [1.29, 1.82) is 0 Å². The molecular weight excluding hydrogens is 380 g/mol. The van der Waals surface area contributed by atoms with E-state index in [4.69, 9.17) is 0 Å². The second-order valence-corrected chi connectivity index (χ2v) is 7.12. The van der Waals surface area contributed by atoms with Crippen molar-refractivity contribution in [2.24, 2.45) is 0 Å². The van der Waals surface area contributed by atoms with Gasteiger partial charge < -0.3 is 5.32 Å². The number of nitrogens with one attached hydrogen (secondary N) is 1. The topological polar surface area (TPSA) is 59.8 Å². The van der Waals surface area contributed by atoms with Gasteiger partial charge in [-0.15, -0.1) is 5.10 Å². The van der Waals surface area contributed by atoms with Crippen molar-refractivity contribution in [2.75, 3.05) is 5.32 Å². The maximum absolute atomic E-state index is 12.6. The predicted molar refractivity (Wildman–Crippen MR) is 100 cm³/mol. The number of hydrogen-bond acceptors (Lipinski definition) is 3. The first-order valence-corrected chi connectivity index (χ1v) is 9.02. The quantitative estimate of drug-likeness (QED) is 0.725. The van der Waals surface area contributed by atoms with Crippen LogP contribution in [0.15, 0.2) is 46.9 Å². The van der Waals surface area contributed by atoms with Gasteiger partial charge in [0.05, 0.1) is 11.4 Å². The smallest absolute Gasteiger partial charge is 0.278 e. The summed E-state index contributed by atoms with van der Waals surface area (Å²) in [6.45, 7) is 1.85. The number of hydrogen-bond donors (Lipinski definition) is 1. The Hall–Kier alpha value is -2.47. The van der Waals surface area contributed by atoms with Gasteiger partial charge in [-0.3, -0.25) is 4.79 Å². The molecule has 1 N–H and O–H groups in total. The number of carbonyl (C=O) groups excluding carboxylic acids is 1. The Kier molecular flexibility index (Phi) is 4.13. The Labute approximate surface area is 154 Å². The number of aromatic nitrogens is 3. The summed E-state index contributed by atoms with van der Waals surface area (Å²) in [4.78, 5) is 12.6. The fourth-order valence-electron chi connectivity index (χ4n) is 3.23. The van der Waals surface area contributed by atoms with Crippen LogP contribution in [0.25, 0.3) is 5.69 Å². The van der Waals surface area contributed by atoms with E-state index in [1.165, 1.54) is 17.5 Å². The molecule has 0 radical (unpaired) electrons. The van der Waals surface area contributed by atoms with Gasteiger partial charge in [-0.1, -0.05) is 33.3 Å². The van der Waals surface area contributed by atoms with Crippen LogP contribution >= 0.6 is 15.9 Å². The van der Waals surface area contributed by atoms with E-state index in [-0.39, 0.29) is 5.91 Å². The summed E-state index contributed by atoms with van der Waals surface area (Å²) in [7, 11) is 0. The average molecular weight is 397 g/mol. The maximum Gasteiger partial charge on any atom is 0.278 e. The molecule has 0 aliphatic heterocycles. The lowest BCUT2D eigenvalue weighted by atomic mass is 10.1. The summed E-state index contributed by atoms with van der Waals surface area (Å²) in [5, 5.41) is 11.1. The first-order chi connectivity index (χ1) is 12.1. The molecule has 1 aliphatic rings. The molecule has 4 rings (SSSR count).